The molecule has 2 aliphatic rings. The number of hydrogen-bond donors (Lipinski definition) is 2. The summed E-state index contributed by atoms with van der Waals surface area (Å²) in [5, 5.41) is 4.67. The van der Waals surface area contributed by atoms with Crippen molar-refractivity contribution in [3.8, 4) is 0 Å². The number of amides is 3. The average molecular weight is 308 g/mol. The second-order valence-electron chi connectivity index (χ2n) is 5.58. The van der Waals surface area contributed by atoms with Crippen LogP contribution in [0.4, 0.5) is 5.13 Å². The highest BCUT2D eigenvalue weighted by Gasteiger charge is 2.51. The number of nitrogen functional groups attached to an aromatic ring is 1. The van der Waals surface area contributed by atoms with Crippen molar-refractivity contribution < 1.29 is 14.4 Å². The van der Waals surface area contributed by atoms with Crippen molar-refractivity contribution in [3.63, 3.8) is 0 Å². The molecule has 1 aromatic heterocycles. The van der Waals surface area contributed by atoms with Crippen LogP contribution in [0, 0.1) is 5.41 Å². The molecule has 1 spiro atoms. The van der Waals surface area contributed by atoms with Crippen LogP contribution in [-0.2, 0) is 20.8 Å². The van der Waals surface area contributed by atoms with Gasteiger partial charge in [0.05, 0.1) is 11.1 Å². The van der Waals surface area contributed by atoms with Crippen molar-refractivity contribution in [1.82, 2.24) is 15.2 Å². The van der Waals surface area contributed by atoms with E-state index in [-0.39, 0.29) is 24.1 Å². The fourth-order valence-corrected chi connectivity index (χ4v) is 3.53. The van der Waals surface area contributed by atoms with E-state index in [0.29, 0.717) is 37.5 Å². The molecule has 1 unspecified atom stereocenters. The van der Waals surface area contributed by atoms with Gasteiger partial charge in [-0.3, -0.25) is 19.7 Å². The van der Waals surface area contributed by atoms with Gasteiger partial charge in [0.2, 0.25) is 17.7 Å². The Morgan fingerprint density at radius 1 is 1.52 bits per heavy atom. The second kappa shape index (κ2) is 5.10. The Balaban J connectivity index is 1.57. The van der Waals surface area contributed by atoms with Gasteiger partial charge in [0, 0.05) is 31.3 Å². The quantitative estimate of drug-likeness (QED) is 0.760. The summed E-state index contributed by atoms with van der Waals surface area (Å²) in [6.07, 6.45) is 1.63. The van der Waals surface area contributed by atoms with Gasteiger partial charge in [0.1, 0.15) is 0 Å². The number of rotatable bonds is 3. The molecule has 0 bridgehead atoms. The number of anilines is 1. The number of aryl methyl sites for hydroxylation is 1. The molecule has 3 N–H and O–H groups in total. The van der Waals surface area contributed by atoms with Crippen LogP contribution < -0.4 is 11.1 Å². The van der Waals surface area contributed by atoms with Gasteiger partial charge in [-0.1, -0.05) is 0 Å². The number of hydrogen-bond acceptors (Lipinski definition) is 6. The van der Waals surface area contributed by atoms with Crippen LogP contribution in [0.3, 0.4) is 0 Å². The number of nitrogens with one attached hydrogen (secondary N) is 1. The van der Waals surface area contributed by atoms with Crippen molar-refractivity contribution in [2.45, 2.75) is 25.7 Å². The Labute approximate surface area is 125 Å². The molecule has 2 fully saturated rings. The average Bonchev–Trinajstić information content (AvgIpc) is 3.09. The van der Waals surface area contributed by atoms with Crippen molar-refractivity contribution in [1.29, 1.82) is 0 Å². The van der Waals surface area contributed by atoms with Crippen LogP contribution >= 0.6 is 11.3 Å². The van der Waals surface area contributed by atoms with Gasteiger partial charge in [-0.15, -0.1) is 11.3 Å². The molecule has 112 valence electrons. The normalized spacial score (nSPS) is 24.9. The third kappa shape index (κ3) is 2.63. The summed E-state index contributed by atoms with van der Waals surface area (Å²) < 4.78 is 0. The molecule has 0 aromatic carbocycles. The molecule has 0 aliphatic carbocycles. The van der Waals surface area contributed by atoms with E-state index in [0.717, 1.165) is 5.69 Å². The Bertz CT molecular complexity index is 614. The summed E-state index contributed by atoms with van der Waals surface area (Å²) in [5.41, 5.74) is 5.67. The lowest BCUT2D eigenvalue weighted by atomic mass is 9.85. The first kappa shape index (κ1) is 14.0. The fraction of sp³-hybridized carbons (Fsp3) is 0.538. The van der Waals surface area contributed by atoms with Gasteiger partial charge in [-0.2, -0.15) is 0 Å². The number of nitrogens with zero attached hydrogens (tertiary/aromatic N) is 2. The van der Waals surface area contributed by atoms with Gasteiger partial charge in [0.25, 0.3) is 0 Å². The van der Waals surface area contributed by atoms with E-state index < -0.39 is 5.41 Å². The Morgan fingerprint density at radius 3 is 2.95 bits per heavy atom. The van der Waals surface area contributed by atoms with Gasteiger partial charge in [0.15, 0.2) is 5.13 Å². The topological polar surface area (TPSA) is 105 Å². The first-order chi connectivity index (χ1) is 9.98. The highest BCUT2D eigenvalue weighted by molar-refractivity contribution is 7.13. The summed E-state index contributed by atoms with van der Waals surface area (Å²) in [5.74, 6) is -0.493. The lowest BCUT2D eigenvalue weighted by Crippen LogP contribution is -2.36. The van der Waals surface area contributed by atoms with E-state index in [1.54, 1.807) is 4.90 Å². The summed E-state index contributed by atoms with van der Waals surface area (Å²) >= 11 is 1.36. The molecule has 7 nitrogen and oxygen atoms in total. The Hall–Kier alpha value is -1.96. The molecule has 2 aliphatic heterocycles. The Morgan fingerprint density at radius 2 is 2.33 bits per heavy atom. The first-order valence-corrected chi connectivity index (χ1v) is 7.68. The predicted molar refractivity (Wildman–Crippen MR) is 76.2 cm³/mol. The lowest BCUT2D eigenvalue weighted by molar-refractivity contribution is -0.131. The van der Waals surface area contributed by atoms with E-state index in [2.05, 4.69) is 10.3 Å². The van der Waals surface area contributed by atoms with Crippen molar-refractivity contribution in [3.05, 3.63) is 11.1 Å². The molecule has 0 radical (unpaired) electrons. The third-order valence-electron chi connectivity index (χ3n) is 4.10. The van der Waals surface area contributed by atoms with E-state index in [1.165, 1.54) is 11.3 Å². The fourth-order valence-electron chi connectivity index (χ4n) is 2.94. The molecule has 3 heterocycles. The SMILES string of the molecule is Nc1nc(CCC(=O)N2CCC3(CC(=O)NC3=O)C2)cs1. The maximum atomic E-state index is 12.2. The zero-order chi connectivity index (χ0) is 15.0. The van der Waals surface area contributed by atoms with E-state index in [9.17, 15) is 14.4 Å². The zero-order valence-electron chi connectivity index (χ0n) is 11.4. The van der Waals surface area contributed by atoms with Crippen molar-refractivity contribution in [2.75, 3.05) is 18.8 Å². The molecule has 3 rings (SSSR count). The molecule has 0 saturated carbocycles. The number of likely N-dealkylation sites (tertiary alicyclic amines) is 1. The lowest BCUT2D eigenvalue weighted by Gasteiger charge is -2.20. The predicted octanol–water partition coefficient (Wildman–Crippen LogP) is -0.0769. The van der Waals surface area contributed by atoms with Gasteiger partial charge < -0.3 is 10.6 Å². The van der Waals surface area contributed by atoms with Crippen LogP contribution in [0.15, 0.2) is 5.38 Å². The highest BCUT2D eigenvalue weighted by atomic mass is 32.1. The number of thiazole rings is 1. The maximum Gasteiger partial charge on any atom is 0.235 e. The zero-order valence-corrected chi connectivity index (χ0v) is 12.2. The molecule has 1 aromatic rings. The minimum absolute atomic E-state index is 0.00871. The van der Waals surface area contributed by atoms with Crippen LogP contribution in [0.2, 0.25) is 0 Å². The summed E-state index contributed by atoms with van der Waals surface area (Å²) in [6.45, 7) is 0.862. The molecule has 3 amide bonds. The summed E-state index contributed by atoms with van der Waals surface area (Å²) in [4.78, 5) is 41.2. The van der Waals surface area contributed by atoms with Crippen LogP contribution in [0.5, 0.6) is 0 Å². The molecular formula is C13H16N4O3S. The Kier molecular flexibility index (Phi) is 3.40. The van der Waals surface area contributed by atoms with Crippen LogP contribution in [0.25, 0.3) is 0 Å². The van der Waals surface area contributed by atoms with Crippen molar-refractivity contribution >= 4 is 34.2 Å². The van der Waals surface area contributed by atoms with Gasteiger partial charge in [-0.05, 0) is 12.8 Å². The molecule has 2 saturated heterocycles. The highest BCUT2D eigenvalue weighted by Crippen LogP contribution is 2.37. The van der Waals surface area contributed by atoms with Crippen LogP contribution in [-0.4, -0.2) is 40.7 Å². The van der Waals surface area contributed by atoms with Crippen LogP contribution in [0.1, 0.15) is 25.0 Å². The van der Waals surface area contributed by atoms with E-state index in [4.69, 9.17) is 5.73 Å². The first-order valence-electron chi connectivity index (χ1n) is 6.80. The number of imide groups is 1. The smallest absolute Gasteiger partial charge is 0.235 e. The molecule has 1 atom stereocenters. The summed E-state index contributed by atoms with van der Waals surface area (Å²) in [6, 6.07) is 0. The number of carbonyl (C=O) groups excluding carboxylic acids is 3. The number of carbonyl (C=O) groups is 3. The van der Waals surface area contributed by atoms with Crippen molar-refractivity contribution in [2.24, 2.45) is 5.41 Å². The summed E-state index contributed by atoms with van der Waals surface area (Å²) in [7, 11) is 0. The number of aromatic nitrogens is 1. The largest absolute Gasteiger partial charge is 0.375 e. The monoisotopic (exact) mass is 308 g/mol. The van der Waals surface area contributed by atoms with Gasteiger partial charge >= 0.3 is 0 Å². The molecule has 8 heteroatoms. The van der Waals surface area contributed by atoms with E-state index in [1.807, 2.05) is 5.38 Å². The minimum Gasteiger partial charge on any atom is -0.375 e. The standard InChI is InChI=1S/C13H16N4O3S/c14-12-15-8(6-21-12)1-2-10(19)17-4-3-13(7-17)5-9(18)16-11(13)20/h6H,1-5,7H2,(H2,14,15)(H,16,18,20). The second-order valence-corrected chi connectivity index (χ2v) is 6.47. The van der Waals surface area contributed by atoms with E-state index >= 15 is 0 Å². The third-order valence-corrected chi connectivity index (χ3v) is 4.83. The molecule has 21 heavy (non-hydrogen) atoms. The minimum atomic E-state index is -0.697. The molecular weight excluding hydrogens is 292 g/mol. The maximum absolute atomic E-state index is 12.2. The van der Waals surface area contributed by atoms with Gasteiger partial charge in [-0.25, -0.2) is 4.98 Å². The number of nitrogens with two attached hydrogens (primary N) is 1.